The Bertz CT molecular complexity index is 341. The van der Waals surface area contributed by atoms with E-state index in [0.29, 0.717) is 0 Å². The van der Waals surface area contributed by atoms with Gasteiger partial charge in [0.2, 0.25) is 0 Å². The second-order valence-corrected chi connectivity index (χ2v) is 5.76. The van der Waals surface area contributed by atoms with Crippen LogP contribution in [0.15, 0.2) is 18.2 Å². The molecule has 0 heterocycles. The summed E-state index contributed by atoms with van der Waals surface area (Å²) in [5.41, 5.74) is 9.88. The van der Waals surface area contributed by atoms with Crippen molar-refractivity contribution in [1.82, 2.24) is 0 Å². The van der Waals surface area contributed by atoms with Gasteiger partial charge in [-0.1, -0.05) is 30.7 Å². The van der Waals surface area contributed by atoms with Gasteiger partial charge < -0.3 is 10.8 Å². The zero-order valence-electron chi connectivity index (χ0n) is 10.2. The molecule has 0 amide bonds. The van der Waals surface area contributed by atoms with Gasteiger partial charge >= 0.3 is 0 Å². The molecular formula is C13H21NOS. The van der Waals surface area contributed by atoms with Crippen LogP contribution in [0.2, 0.25) is 0 Å². The molecule has 0 spiro atoms. The van der Waals surface area contributed by atoms with Crippen LogP contribution in [0.4, 0.5) is 0 Å². The topological polar surface area (TPSA) is 46.2 Å². The monoisotopic (exact) mass is 239 g/mol. The predicted molar refractivity (Wildman–Crippen MR) is 71.9 cm³/mol. The molecule has 0 aliphatic heterocycles. The summed E-state index contributed by atoms with van der Waals surface area (Å²) in [4.78, 5) is 0. The van der Waals surface area contributed by atoms with Gasteiger partial charge in [0.1, 0.15) is 0 Å². The van der Waals surface area contributed by atoms with E-state index in [1.165, 1.54) is 16.7 Å². The lowest BCUT2D eigenvalue weighted by Gasteiger charge is -2.16. The molecule has 0 saturated heterocycles. The summed E-state index contributed by atoms with van der Waals surface area (Å²) >= 11 is 1.72. The van der Waals surface area contributed by atoms with Crippen molar-refractivity contribution in [3.63, 3.8) is 0 Å². The van der Waals surface area contributed by atoms with Crippen LogP contribution in [-0.2, 0) is 0 Å². The zero-order valence-corrected chi connectivity index (χ0v) is 11.1. The summed E-state index contributed by atoms with van der Waals surface area (Å²) in [7, 11) is 0. The molecule has 2 atom stereocenters. The second-order valence-electron chi connectivity index (χ2n) is 4.29. The summed E-state index contributed by atoms with van der Waals surface area (Å²) in [6, 6.07) is 6.43. The highest BCUT2D eigenvalue weighted by atomic mass is 32.2. The van der Waals surface area contributed by atoms with Gasteiger partial charge in [-0.15, -0.1) is 0 Å². The van der Waals surface area contributed by atoms with Crippen LogP contribution in [0.5, 0.6) is 0 Å². The Morgan fingerprint density at radius 3 is 2.62 bits per heavy atom. The van der Waals surface area contributed by atoms with E-state index in [4.69, 9.17) is 10.8 Å². The SMILES string of the molecule is Cc1ccc(C(N)CSC(C)CO)c(C)c1. The highest BCUT2D eigenvalue weighted by Gasteiger charge is 2.10. The standard InChI is InChI=1S/C13H21NOS/c1-9-4-5-12(10(2)6-9)13(14)8-16-11(3)7-15/h4-6,11,13,15H,7-8,14H2,1-3H3. The fraction of sp³-hybridized carbons (Fsp3) is 0.538. The molecule has 1 rings (SSSR count). The third-order valence-electron chi connectivity index (χ3n) is 2.64. The molecule has 16 heavy (non-hydrogen) atoms. The Labute approximate surface area is 102 Å². The number of thioether (sulfide) groups is 1. The maximum absolute atomic E-state index is 8.95. The Hall–Kier alpha value is -0.510. The van der Waals surface area contributed by atoms with Crippen molar-refractivity contribution < 1.29 is 5.11 Å². The van der Waals surface area contributed by atoms with E-state index in [-0.39, 0.29) is 17.9 Å². The van der Waals surface area contributed by atoms with Crippen LogP contribution in [0.25, 0.3) is 0 Å². The van der Waals surface area contributed by atoms with Crippen molar-refractivity contribution in [2.75, 3.05) is 12.4 Å². The van der Waals surface area contributed by atoms with Crippen molar-refractivity contribution >= 4 is 11.8 Å². The number of hydrogen-bond donors (Lipinski definition) is 2. The van der Waals surface area contributed by atoms with Crippen LogP contribution >= 0.6 is 11.8 Å². The third kappa shape index (κ3) is 3.81. The van der Waals surface area contributed by atoms with Gasteiger partial charge in [0.25, 0.3) is 0 Å². The molecule has 0 aliphatic carbocycles. The quantitative estimate of drug-likeness (QED) is 0.829. The molecule has 0 radical (unpaired) electrons. The van der Waals surface area contributed by atoms with Crippen LogP contribution in [0.3, 0.4) is 0 Å². The van der Waals surface area contributed by atoms with Gasteiger partial charge in [0.05, 0.1) is 6.61 Å². The van der Waals surface area contributed by atoms with Crippen molar-refractivity contribution in [3.8, 4) is 0 Å². The summed E-state index contributed by atoms with van der Waals surface area (Å²) < 4.78 is 0. The first-order valence-corrected chi connectivity index (χ1v) is 6.64. The minimum Gasteiger partial charge on any atom is -0.395 e. The van der Waals surface area contributed by atoms with Gasteiger partial charge in [0, 0.05) is 17.0 Å². The summed E-state index contributed by atoms with van der Waals surface area (Å²) in [5, 5.41) is 9.21. The van der Waals surface area contributed by atoms with Crippen LogP contribution < -0.4 is 5.73 Å². The Morgan fingerprint density at radius 1 is 1.38 bits per heavy atom. The molecule has 3 N–H and O–H groups in total. The van der Waals surface area contributed by atoms with Crippen molar-refractivity contribution in [1.29, 1.82) is 0 Å². The van der Waals surface area contributed by atoms with Gasteiger partial charge in [-0.05, 0) is 25.0 Å². The number of aliphatic hydroxyl groups is 1. The van der Waals surface area contributed by atoms with Gasteiger partial charge in [0.15, 0.2) is 0 Å². The molecule has 1 aromatic carbocycles. The third-order valence-corrected chi connectivity index (χ3v) is 3.91. The first-order valence-electron chi connectivity index (χ1n) is 5.59. The van der Waals surface area contributed by atoms with Gasteiger partial charge in [-0.2, -0.15) is 11.8 Å². The number of aryl methyl sites for hydroxylation is 2. The first kappa shape index (κ1) is 13.6. The van der Waals surface area contributed by atoms with Crippen LogP contribution in [-0.4, -0.2) is 22.7 Å². The summed E-state index contributed by atoms with van der Waals surface area (Å²) in [6.45, 7) is 6.41. The molecule has 3 heteroatoms. The highest BCUT2D eigenvalue weighted by Crippen LogP contribution is 2.22. The molecule has 1 aromatic rings. The minimum absolute atomic E-state index is 0.0552. The van der Waals surface area contributed by atoms with E-state index in [1.54, 1.807) is 11.8 Å². The summed E-state index contributed by atoms with van der Waals surface area (Å²) in [5.74, 6) is 0.853. The lowest BCUT2D eigenvalue weighted by Crippen LogP contribution is -2.17. The Kier molecular flexibility index (Phi) is 5.32. The minimum atomic E-state index is 0.0552. The van der Waals surface area contributed by atoms with E-state index < -0.39 is 0 Å². The number of rotatable bonds is 5. The fourth-order valence-corrected chi connectivity index (χ4v) is 2.47. The maximum Gasteiger partial charge on any atom is 0.0547 e. The molecule has 2 nitrogen and oxygen atoms in total. The number of benzene rings is 1. The van der Waals surface area contributed by atoms with Crippen molar-refractivity contribution in [2.24, 2.45) is 5.73 Å². The van der Waals surface area contributed by atoms with E-state index in [0.717, 1.165) is 5.75 Å². The molecule has 0 saturated carbocycles. The molecule has 2 unspecified atom stereocenters. The number of aliphatic hydroxyl groups excluding tert-OH is 1. The molecule has 0 aromatic heterocycles. The first-order chi connectivity index (χ1) is 7.54. The van der Waals surface area contributed by atoms with Gasteiger partial charge in [-0.3, -0.25) is 0 Å². The zero-order chi connectivity index (χ0) is 12.1. The smallest absolute Gasteiger partial charge is 0.0547 e. The van der Waals surface area contributed by atoms with E-state index in [1.807, 2.05) is 6.92 Å². The average Bonchev–Trinajstić information content (AvgIpc) is 2.25. The molecule has 0 bridgehead atoms. The van der Waals surface area contributed by atoms with Crippen molar-refractivity contribution in [3.05, 3.63) is 34.9 Å². The van der Waals surface area contributed by atoms with Crippen molar-refractivity contribution in [2.45, 2.75) is 32.1 Å². The Morgan fingerprint density at radius 2 is 2.06 bits per heavy atom. The molecule has 0 aliphatic rings. The largest absolute Gasteiger partial charge is 0.395 e. The van der Waals surface area contributed by atoms with Gasteiger partial charge in [-0.25, -0.2) is 0 Å². The molecule has 0 fully saturated rings. The van der Waals surface area contributed by atoms with E-state index >= 15 is 0 Å². The van der Waals surface area contributed by atoms with E-state index in [9.17, 15) is 0 Å². The second kappa shape index (κ2) is 6.28. The van der Waals surface area contributed by atoms with Crippen LogP contribution in [0, 0.1) is 13.8 Å². The number of nitrogens with two attached hydrogens (primary N) is 1. The lowest BCUT2D eigenvalue weighted by atomic mass is 10.0. The molecular weight excluding hydrogens is 218 g/mol. The molecule has 90 valence electrons. The Balaban J connectivity index is 2.62. The maximum atomic E-state index is 8.95. The van der Waals surface area contributed by atoms with E-state index in [2.05, 4.69) is 32.0 Å². The predicted octanol–water partition coefficient (Wildman–Crippen LogP) is 2.42. The lowest BCUT2D eigenvalue weighted by molar-refractivity contribution is 0.300. The summed E-state index contributed by atoms with van der Waals surface area (Å²) in [6.07, 6.45) is 0. The highest BCUT2D eigenvalue weighted by molar-refractivity contribution is 7.99. The normalized spacial score (nSPS) is 14.8. The number of hydrogen-bond acceptors (Lipinski definition) is 3. The fourth-order valence-electron chi connectivity index (χ4n) is 1.65. The average molecular weight is 239 g/mol. The van der Waals surface area contributed by atoms with Crippen LogP contribution in [0.1, 0.15) is 29.7 Å².